The minimum absolute atomic E-state index is 0.113. The van der Waals surface area contributed by atoms with E-state index in [1.54, 1.807) is 0 Å². The molecule has 2 aliphatic heterocycles. The van der Waals surface area contributed by atoms with E-state index in [0.717, 1.165) is 38.9 Å². The molecule has 2 amide bonds. The Labute approximate surface area is 130 Å². The first-order valence-corrected chi connectivity index (χ1v) is 8.14. The van der Waals surface area contributed by atoms with Gasteiger partial charge in [-0.3, -0.25) is 9.59 Å². The number of amides is 2. The highest BCUT2D eigenvalue weighted by Gasteiger charge is 2.52. The van der Waals surface area contributed by atoms with E-state index in [4.69, 9.17) is 9.47 Å². The predicted octanol–water partition coefficient (Wildman–Crippen LogP) is 0.379. The van der Waals surface area contributed by atoms with Gasteiger partial charge in [0.05, 0.1) is 24.0 Å². The predicted molar refractivity (Wildman–Crippen MR) is 80.1 cm³/mol. The number of carbonyl (C=O) groups excluding carboxylic acids is 2. The van der Waals surface area contributed by atoms with Crippen molar-refractivity contribution in [1.82, 2.24) is 10.6 Å². The lowest BCUT2D eigenvalue weighted by molar-refractivity contribution is -0.127. The van der Waals surface area contributed by atoms with Crippen LogP contribution in [-0.4, -0.2) is 50.3 Å². The van der Waals surface area contributed by atoms with E-state index in [9.17, 15) is 9.59 Å². The second-order valence-electron chi connectivity index (χ2n) is 6.29. The molecule has 0 spiro atoms. The second kappa shape index (κ2) is 6.79. The molecule has 0 aromatic rings. The third kappa shape index (κ3) is 3.50. The lowest BCUT2D eigenvalue weighted by Gasteiger charge is -2.11. The van der Waals surface area contributed by atoms with Crippen molar-refractivity contribution in [3.05, 3.63) is 12.2 Å². The van der Waals surface area contributed by atoms with Gasteiger partial charge >= 0.3 is 0 Å². The second-order valence-corrected chi connectivity index (χ2v) is 6.29. The Kier molecular flexibility index (Phi) is 4.78. The van der Waals surface area contributed by atoms with Crippen LogP contribution in [0, 0.1) is 11.8 Å². The Morgan fingerprint density at radius 2 is 1.41 bits per heavy atom. The highest BCUT2D eigenvalue weighted by molar-refractivity contribution is 5.99. The monoisotopic (exact) mass is 308 g/mol. The molecule has 1 aliphatic carbocycles. The van der Waals surface area contributed by atoms with Crippen LogP contribution in [0.2, 0.25) is 0 Å². The number of rotatable bonds is 6. The maximum atomic E-state index is 12.1. The first-order chi connectivity index (χ1) is 10.7. The molecule has 6 nitrogen and oxygen atoms in total. The minimum Gasteiger partial charge on any atom is -0.376 e. The molecule has 2 N–H and O–H groups in total. The molecule has 6 heteroatoms. The third-order valence-electron chi connectivity index (χ3n) is 4.64. The van der Waals surface area contributed by atoms with Crippen LogP contribution >= 0.6 is 0 Å². The van der Waals surface area contributed by atoms with E-state index < -0.39 is 0 Å². The maximum absolute atomic E-state index is 12.1. The highest BCUT2D eigenvalue weighted by atomic mass is 16.5. The van der Waals surface area contributed by atoms with Crippen LogP contribution < -0.4 is 10.6 Å². The number of ether oxygens (including phenoxy) is 2. The van der Waals surface area contributed by atoms with E-state index in [2.05, 4.69) is 17.2 Å². The fraction of sp³-hybridized carbons (Fsp3) is 0.750. The van der Waals surface area contributed by atoms with E-state index >= 15 is 0 Å². The summed E-state index contributed by atoms with van der Waals surface area (Å²) >= 11 is 0. The maximum Gasteiger partial charge on any atom is 0.228 e. The van der Waals surface area contributed by atoms with E-state index in [1.165, 1.54) is 0 Å². The molecule has 0 aromatic heterocycles. The van der Waals surface area contributed by atoms with Crippen LogP contribution in [0.25, 0.3) is 0 Å². The fourth-order valence-electron chi connectivity index (χ4n) is 3.21. The Hall–Kier alpha value is -1.40. The van der Waals surface area contributed by atoms with Gasteiger partial charge in [-0.05, 0) is 25.7 Å². The molecule has 4 atom stereocenters. The van der Waals surface area contributed by atoms with Crippen molar-refractivity contribution in [3.8, 4) is 0 Å². The summed E-state index contributed by atoms with van der Waals surface area (Å²) < 4.78 is 10.9. The molecule has 22 heavy (non-hydrogen) atoms. The molecular weight excluding hydrogens is 284 g/mol. The normalized spacial score (nSPS) is 33.7. The molecule has 2 heterocycles. The van der Waals surface area contributed by atoms with E-state index in [-0.39, 0.29) is 35.9 Å². The van der Waals surface area contributed by atoms with Crippen molar-refractivity contribution in [2.45, 2.75) is 37.9 Å². The molecule has 0 bridgehead atoms. The molecule has 3 fully saturated rings. The molecular formula is C16H24N2O4. The minimum atomic E-state index is -0.383. The molecule has 0 aromatic carbocycles. The SMILES string of the molecule is C=C1C(C(=O)NCC2CCCO2)[C@H]1C(=O)NCC1CCCO1. The lowest BCUT2D eigenvalue weighted by atomic mass is 10.2. The van der Waals surface area contributed by atoms with Crippen molar-refractivity contribution >= 4 is 11.8 Å². The molecule has 3 aliphatic rings. The zero-order chi connectivity index (χ0) is 15.5. The zero-order valence-electron chi connectivity index (χ0n) is 12.8. The Bertz CT molecular complexity index is 413. The third-order valence-corrected chi connectivity index (χ3v) is 4.64. The van der Waals surface area contributed by atoms with Gasteiger partial charge in [0, 0.05) is 26.3 Å². The van der Waals surface area contributed by atoms with Gasteiger partial charge in [0.1, 0.15) is 0 Å². The summed E-state index contributed by atoms with van der Waals surface area (Å²) in [6, 6.07) is 0. The number of hydrogen-bond acceptors (Lipinski definition) is 4. The summed E-state index contributed by atoms with van der Waals surface area (Å²) in [6.07, 6.45) is 4.29. The van der Waals surface area contributed by atoms with Gasteiger partial charge in [-0.15, -0.1) is 0 Å². The van der Waals surface area contributed by atoms with Gasteiger partial charge in [-0.2, -0.15) is 0 Å². The first kappa shape index (κ1) is 15.5. The Morgan fingerprint density at radius 3 is 1.77 bits per heavy atom. The Balaban J connectivity index is 1.39. The quantitative estimate of drug-likeness (QED) is 0.696. The van der Waals surface area contributed by atoms with Gasteiger partial charge in [-0.25, -0.2) is 0 Å². The number of carbonyl (C=O) groups is 2. The number of nitrogens with one attached hydrogen (secondary N) is 2. The van der Waals surface area contributed by atoms with E-state index in [1.807, 2.05) is 0 Å². The summed E-state index contributed by atoms with van der Waals surface area (Å²) in [5, 5.41) is 5.74. The van der Waals surface area contributed by atoms with Gasteiger partial charge in [0.2, 0.25) is 11.8 Å². The zero-order valence-corrected chi connectivity index (χ0v) is 12.8. The first-order valence-electron chi connectivity index (χ1n) is 8.14. The van der Waals surface area contributed by atoms with Gasteiger partial charge in [0.25, 0.3) is 0 Å². The molecule has 122 valence electrons. The van der Waals surface area contributed by atoms with Gasteiger partial charge in [0.15, 0.2) is 0 Å². The number of hydrogen-bond donors (Lipinski definition) is 2. The average Bonchev–Trinajstić information content (AvgIpc) is 2.98. The summed E-state index contributed by atoms with van der Waals surface area (Å²) in [7, 11) is 0. The van der Waals surface area contributed by atoms with Crippen molar-refractivity contribution in [2.24, 2.45) is 11.8 Å². The van der Waals surface area contributed by atoms with Gasteiger partial charge < -0.3 is 20.1 Å². The smallest absolute Gasteiger partial charge is 0.228 e. The fourth-order valence-corrected chi connectivity index (χ4v) is 3.21. The molecule has 1 saturated carbocycles. The van der Waals surface area contributed by atoms with Gasteiger partial charge in [-0.1, -0.05) is 12.2 Å². The lowest BCUT2D eigenvalue weighted by Crippen LogP contribution is -2.36. The van der Waals surface area contributed by atoms with Crippen LogP contribution in [-0.2, 0) is 19.1 Å². The highest BCUT2D eigenvalue weighted by Crippen LogP contribution is 2.44. The molecule has 0 radical (unpaired) electrons. The van der Waals surface area contributed by atoms with Crippen molar-refractivity contribution in [1.29, 1.82) is 0 Å². The molecule has 2 saturated heterocycles. The largest absolute Gasteiger partial charge is 0.376 e. The Morgan fingerprint density at radius 1 is 0.955 bits per heavy atom. The average molecular weight is 308 g/mol. The summed E-state index contributed by atoms with van der Waals surface area (Å²) in [6.45, 7) is 6.43. The van der Waals surface area contributed by atoms with Crippen LogP contribution in [0.5, 0.6) is 0 Å². The summed E-state index contributed by atoms with van der Waals surface area (Å²) in [4.78, 5) is 24.2. The topological polar surface area (TPSA) is 76.7 Å². The standard InChI is InChI=1S/C16H24N2O4/c1-10-13(15(19)17-8-11-4-2-6-21-11)14(10)16(20)18-9-12-5-3-7-22-12/h11-14H,1-9H2,(H,17,19)(H,18,20)/t11?,12?,13-,14?/m0/s1. The molecule has 3 rings (SSSR count). The van der Waals surface area contributed by atoms with Crippen LogP contribution in [0.3, 0.4) is 0 Å². The van der Waals surface area contributed by atoms with E-state index in [0.29, 0.717) is 18.7 Å². The van der Waals surface area contributed by atoms with Crippen LogP contribution in [0.1, 0.15) is 25.7 Å². The van der Waals surface area contributed by atoms with Crippen molar-refractivity contribution in [2.75, 3.05) is 26.3 Å². The summed E-state index contributed by atoms with van der Waals surface area (Å²) in [5.74, 6) is -0.993. The van der Waals surface area contributed by atoms with Crippen LogP contribution in [0.15, 0.2) is 12.2 Å². The van der Waals surface area contributed by atoms with Crippen molar-refractivity contribution in [3.63, 3.8) is 0 Å². The van der Waals surface area contributed by atoms with Crippen molar-refractivity contribution < 1.29 is 19.1 Å². The van der Waals surface area contributed by atoms with Crippen LogP contribution in [0.4, 0.5) is 0 Å². The summed E-state index contributed by atoms with van der Waals surface area (Å²) in [5.41, 5.74) is 0.703. The molecule has 3 unspecified atom stereocenters.